The van der Waals surface area contributed by atoms with E-state index in [4.69, 9.17) is 0 Å². The van der Waals surface area contributed by atoms with Gasteiger partial charge in [-0.25, -0.2) is 13.1 Å². The van der Waals surface area contributed by atoms with E-state index in [9.17, 15) is 8.42 Å². The molecule has 1 saturated carbocycles. The van der Waals surface area contributed by atoms with Crippen LogP contribution in [0.25, 0.3) is 0 Å². The summed E-state index contributed by atoms with van der Waals surface area (Å²) in [5.41, 5.74) is 0. The van der Waals surface area contributed by atoms with Gasteiger partial charge in [0.2, 0.25) is 10.0 Å². The van der Waals surface area contributed by atoms with Crippen LogP contribution >= 0.6 is 0 Å². The third-order valence-electron chi connectivity index (χ3n) is 3.07. The summed E-state index contributed by atoms with van der Waals surface area (Å²) in [6.07, 6.45) is 3.02. The first-order chi connectivity index (χ1) is 7.58. The summed E-state index contributed by atoms with van der Waals surface area (Å²) < 4.78 is 26.7. The number of benzene rings is 1. The van der Waals surface area contributed by atoms with E-state index in [1.807, 2.05) is 6.07 Å². The first-order valence-electron chi connectivity index (χ1n) is 5.65. The highest BCUT2D eigenvalue weighted by Gasteiger charge is 2.26. The lowest BCUT2D eigenvalue weighted by Crippen LogP contribution is -2.32. The van der Waals surface area contributed by atoms with Crippen molar-refractivity contribution in [1.82, 2.24) is 4.72 Å². The molecule has 2 rings (SSSR count). The molecule has 3 nitrogen and oxygen atoms in total. The molecule has 0 bridgehead atoms. The lowest BCUT2D eigenvalue weighted by molar-refractivity contribution is 0.538. The van der Waals surface area contributed by atoms with Crippen LogP contribution in [0.5, 0.6) is 0 Å². The molecule has 0 saturated heterocycles. The van der Waals surface area contributed by atoms with Crippen molar-refractivity contribution in [2.45, 2.75) is 37.1 Å². The van der Waals surface area contributed by atoms with Gasteiger partial charge < -0.3 is 0 Å². The van der Waals surface area contributed by atoms with Crippen LogP contribution in [0.3, 0.4) is 0 Å². The van der Waals surface area contributed by atoms with Crippen molar-refractivity contribution in [3.63, 3.8) is 0 Å². The van der Waals surface area contributed by atoms with Gasteiger partial charge in [-0.2, -0.15) is 0 Å². The normalized spacial score (nSPS) is 25.8. The third-order valence-corrected chi connectivity index (χ3v) is 4.61. The van der Waals surface area contributed by atoms with Gasteiger partial charge in [0, 0.05) is 6.04 Å². The zero-order chi connectivity index (χ0) is 11.6. The summed E-state index contributed by atoms with van der Waals surface area (Å²) in [6, 6.07) is 8.66. The van der Waals surface area contributed by atoms with Gasteiger partial charge in [0.1, 0.15) is 0 Å². The molecule has 1 aromatic carbocycles. The average Bonchev–Trinajstić information content (AvgIpc) is 2.64. The molecule has 0 heterocycles. The topological polar surface area (TPSA) is 46.2 Å². The fourth-order valence-corrected chi connectivity index (χ4v) is 3.51. The molecule has 0 aromatic heterocycles. The summed E-state index contributed by atoms with van der Waals surface area (Å²) in [6.45, 7) is 2.16. The van der Waals surface area contributed by atoms with E-state index < -0.39 is 10.0 Å². The van der Waals surface area contributed by atoms with E-state index in [0.29, 0.717) is 10.8 Å². The second-order valence-corrected chi connectivity index (χ2v) is 6.26. The van der Waals surface area contributed by atoms with Gasteiger partial charge in [0.05, 0.1) is 4.90 Å². The Kier molecular flexibility index (Phi) is 3.30. The molecule has 88 valence electrons. The monoisotopic (exact) mass is 239 g/mol. The molecule has 0 amide bonds. The second kappa shape index (κ2) is 4.55. The predicted molar refractivity (Wildman–Crippen MR) is 63.6 cm³/mol. The highest BCUT2D eigenvalue weighted by molar-refractivity contribution is 7.89. The van der Waals surface area contributed by atoms with Crippen LogP contribution in [-0.4, -0.2) is 14.5 Å². The maximum absolute atomic E-state index is 12.0. The number of nitrogens with one attached hydrogen (secondary N) is 1. The fraction of sp³-hybridized carbons (Fsp3) is 0.500. The highest BCUT2D eigenvalue weighted by Crippen LogP contribution is 2.25. The molecule has 0 spiro atoms. The van der Waals surface area contributed by atoms with Crippen LogP contribution in [-0.2, 0) is 10.0 Å². The minimum atomic E-state index is -3.32. The van der Waals surface area contributed by atoms with E-state index >= 15 is 0 Å². The van der Waals surface area contributed by atoms with Crippen LogP contribution in [0.4, 0.5) is 0 Å². The van der Waals surface area contributed by atoms with Gasteiger partial charge in [-0.05, 0) is 37.3 Å². The number of sulfonamides is 1. The van der Waals surface area contributed by atoms with Crippen molar-refractivity contribution in [1.29, 1.82) is 0 Å². The van der Waals surface area contributed by atoms with Gasteiger partial charge in [0.25, 0.3) is 0 Å². The predicted octanol–water partition coefficient (Wildman–Crippen LogP) is 2.15. The summed E-state index contributed by atoms with van der Waals surface area (Å²) in [7, 11) is -3.32. The number of hydrogen-bond acceptors (Lipinski definition) is 2. The van der Waals surface area contributed by atoms with E-state index in [0.717, 1.165) is 19.3 Å². The minimum absolute atomic E-state index is 0.111. The third kappa shape index (κ3) is 2.62. The van der Waals surface area contributed by atoms with Crippen LogP contribution < -0.4 is 4.72 Å². The molecular weight excluding hydrogens is 222 g/mol. The Morgan fingerprint density at radius 3 is 2.44 bits per heavy atom. The molecular formula is C12H17NO2S. The smallest absolute Gasteiger partial charge is 0.208 e. The van der Waals surface area contributed by atoms with Crippen LogP contribution in [0.1, 0.15) is 26.2 Å². The summed E-state index contributed by atoms with van der Waals surface area (Å²) in [4.78, 5) is 0.356. The van der Waals surface area contributed by atoms with Crippen molar-refractivity contribution in [2.75, 3.05) is 0 Å². The molecule has 1 aliphatic carbocycles. The van der Waals surface area contributed by atoms with Crippen molar-refractivity contribution in [3.8, 4) is 0 Å². The molecule has 2 atom stereocenters. The van der Waals surface area contributed by atoms with Gasteiger partial charge in [-0.3, -0.25) is 0 Å². The van der Waals surface area contributed by atoms with Gasteiger partial charge in [0.15, 0.2) is 0 Å². The van der Waals surface area contributed by atoms with Crippen molar-refractivity contribution in [3.05, 3.63) is 30.3 Å². The molecule has 0 radical (unpaired) electrons. The minimum Gasteiger partial charge on any atom is -0.208 e. The van der Waals surface area contributed by atoms with E-state index in [1.54, 1.807) is 24.3 Å². The van der Waals surface area contributed by atoms with Crippen molar-refractivity contribution < 1.29 is 8.42 Å². The Morgan fingerprint density at radius 2 is 1.88 bits per heavy atom. The van der Waals surface area contributed by atoms with E-state index in [-0.39, 0.29) is 6.04 Å². The van der Waals surface area contributed by atoms with E-state index in [2.05, 4.69) is 11.6 Å². The fourth-order valence-electron chi connectivity index (χ4n) is 2.20. The number of rotatable bonds is 3. The standard InChI is InChI=1S/C12H17NO2S/c1-10-7-8-11(9-10)13-16(14,15)12-5-3-2-4-6-12/h2-6,10-11,13H,7-9H2,1H3. The Bertz CT molecular complexity index is 441. The Hall–Kier alpha value is -0.870. The lowest BCUT2D eigenvalue weighted by Gasteiger charge is -2.12. The molecule has 1 N–H and O–H groups in total. The maximum Gasteiger partial charge on any atom is 0.240 e. The average molecular weight is 239 g/mol. The molecule has 0 aliphatic heterocycles. The molecule has 4 heteroatoms. The Labute approximate surface area is 96.9 Å². The SMILES string of the molecule is CC1CCC(NS(=O)(=O)c2ccccc2)C1. The van der Waals surface area contributed by atoms with E-state index in [1.165, 1.54) is 0 Å². The lowest BCUT2D eigenvalue weighted by atomic mass is 10.1. The second-order valence-electron chi connectivity index (χ2n) is 4.55. The zero-order valence-electron chi connectivity index (χ0n) is 9.39. The largest absolute Gasteiger partial charge is 0.240 e. The molecule has 1 fully saturated rings. The van der Waals surface area contributed by atoms with Crippen LogP contribution in [0.2, 0.25) is 0 Å². The first-order valence-corrected chi connectivity index (χ1v) is 7.13. The molecule has 16 heavy (non-hydrogen) atoms. The Morgan fingerprint density at radius 1 is 1.19 bits per heavy atom. The Balaban J connectivity index is 2.09. The quantitative estimate of drug-likeness (QED) is 0.878. The summed E-state index contributed by atoms with van der Waals surface area (Å²) in [5, 5.41) is 0. The molecule has 2 unspecified atom stereocenters. The van der Waals surface area contributed by atoms with Crippen molar-refractivity contribution in [2.24, 2.45) is 5.92 Å². The van der Waals surface area contributed by atoms with Gasteiger partial charge in [-0.1, -0.05) is 25.1 Å². The summed E-state index contributed by atoms with van der Waals surface area (Å²) in [5.74, 6) is 0.628. The van der Waals surface area contributed by atoms with Gasteiger partial charge >= 0.3 is 0 Å². The molecule has 1 aromatic rings. The maximum atomic E-state index is 12.0. The zero-order valence-corrected chi connectivity index (χ0v) is 10.2. The van der Waals surface area contributed by atoms with Gasteiger partial charge in [-0.15, -0.1) is 0 Å². The van der Waals surface area contributed by atoms with Crippen LogP contribution in [0.15, 0.2) is 35.2 Å². The highest BCUT2D eigenvalue weighted by atomic mass is 32.2. The first kappa shape index (κ1) is 11.6. The van der Waals surface area contributed by atoms with Crippen LogP contribution in [0, 0.1) is 5.92 Å². The number of hydrogen-bond donors (Lipinski definition) is 1. The van der Waals surface area contributed by atoms with Crippen molar-refractivity contribution >= 4 is 10.0 Å². The summed E-state index contributed by atoms with van der Waals surface area (Å²) >= 11 is 0. The molecule has 1 aliphatic rings.